The number of halogens is 3. The summed E-state index contributed by atoms with van der Waals surface area (Å²) < 4.78 is 43.9. The van der Waals surface area contributed by atoms with Crippen molar-refractivity contribution in [3.63, 3.8) is 0 Å². The molecule has 1 aromatic heterocycles. The summed E-state index contributed by atoms with van der Waals surface area (Å²) in [6.45, 7) is 1.84. The van der Waals surface area contributed by atoms with Crippen molar-refractivity contribution >= 4 is 5.69 Å². The lowest BCUT2D eigenvalue weighted by Gasteiger charge is -2.11. The second-order valence-electron chi connectivity index (χ2n) is 4.12. The minimum Gasteiger partial charge on any atom is -0.437 e. The third-order valence-electron chi connectivity index (χ3n) is 2.68. The molecule has 1 heterocycles. The number of hydrogen-bond acceptors (Lipinski definition) is 4. The van der Waals surface area contributed by atoms with Gasteiger partial charge < -0.3 is 4.74 Å². The number of H-pyrrole nitrogens is 1. The predicted molar refractivity (Wildman–Crippen MR) is 66.1 cm³/mol. The lowest BCUT2D eigenvalue weighted by atomic mass is 10.1. The Labute approximate surface area is 116 Å². The standard InChI is InChI=1S/C12H10F3N3O3/c1-2-7-5-11(17-16-7)21-10-4-3-8(18(19)20)6-9(10)12(13,14)15/h3-6H,2H2,1H3,(H,16,17). The van der Waals surface area contributed by atoms with Gasteiger partial charge in [-0.1, -0.05) is 6.92 Å². The van der Waals surface area contributed by atoms with Gasteiger partial charge in [-0.15, -0.1) is 5.10 Å². The number of non-ortho nitro benzene ring substituents is 1. The maximum atomic E-state index is 12.9. The van der Waals surface area contributed by atoms with Crippen LogP contribution in [0.15, 0.2) is 24.3 Å². The number of alkyl halides is 3. The van der Waals surface area contributed by atoms with Crippen LogP contribution in [0.3, 0.4) is 0 Å². The molecular formula is C12H10F3N3O3. The van der Waals surface area contributed by atoms with Gasteiger partial charge in [-0.25, -0.2) is 0 Å². The molecule has 0 spiro atoms. The summed E-state index contributed by atoms with van der Waals surface area (Å²) in [7, 11) is 0. The van der Waals surface area contributed by atoms with Gasteiger partial charge in [0.15, 0.2) is 0 Å². The topological polar surface area (TPSA) is 81.1 Å². The second kappa shape index (κ2) is 5.43. The van der Waals surface area contributed by atoms with E-state index in [1.165, 1.54) is 6.07 Å². The number of aromatic amines is 1. The van der Waals surface area contributed by atoms with Crippen molar-refractivity contribution < 1.29 is 22.8 Å². The van der Waals surface area contributed by atoms with Crippen LogP contribution in [0.2, 0.25) is 0 Å². The van der Waals surface area contributed by atoms with Gasteiger partial charge in [0.1, 0.15) is 11.3 Å². The first kappa shape index (κ1) is 14.8. The molecule has 0 fully saturated rings. The van der Waals surface area contributed by atoms with E-state index in [2.05, 4.69) is 10.2 Å². The first-order chi connectivity index (χ1) is 9.81. The number of benzene rings is 1. The Bertz CT molecular complexity index is 667. The number of aromatic nitrogens is 2. The molecular weight excluding hydrogens is 291 g/mol. The molecule has 0 unspecified atom stereocenters. The highest BCUT2D eigenvalue weighted by Crippen LogP contribution is 2.39. The largest absolute Gasteiger partial charge is 0.437 e. The number of hydrogen-bond donors (Lipinski definition) is 1. The molecule has 0 aliphatic heterocycles. The molecule has 9 heteroatoms. The van der Waals surface area contributed by atoms with E-state index >= 15 is 0 Å². The van der Waals surface area contributed by atoms with E-state index in [9.17, 15) is 23.3 Å². The van der Waals surface area contributed by atoms with Crippen molar-refractivity contribution in [2.75, 3.05) is 0 Å². The number of nitrogens with zero attached hydrogens (tertiary/aromatic N) is 2. The molecule has 0 atom stereocenters. The minimum absolute atomic E-state index is 0.0359. The van der Waals surface area contributed by atoms with E-state index < -0.39 is 28.1 Å². The number of aryl methyl sites for hydroxylation is 1. The normalized spacial score (nSPS) is 11.4. The lowest BCUT2D eigenvalue weighted by molar-refractivity contribution is -0.385. The summed E-state index contributed by atoms with van der Waals surface area (Å²) in [6, 6.07) is 3.74. The Kier molecular flexibility index (Phi) is 3.83. The van der Waals surface area contributed by atoms with Gasteiger partial charge in [0.25, 0.3) is 5.69 Å². The van der Waals surface area contributed by atoms with E-state index in [0.29, 0.717) is 18.2 Å². The quantitative estimate of drug-likeness (QED) is 0.689. The zero-order valence-electron chi connectivity index (χ0n) is 10.8. The first-order valence-corrected chi connectivity index (χ1v) is 5.89. The van der Waals surface area contributed by atoms with Crippen LogP contribution in [-0.2, 0) is 12.6 Å². The molecule has 0 saturated heterocycles. The molecule has 0 aliphatic rings. The van der Waals surface area contributed by atoms with E-state index in [1.807, 2.05) is 6.92 Å². The van der Waals surface area contributed by atoms with E-state index in [4.69, 9.17) is 4.74 Å². The van der Waals surface area contributed by atoms with Crippen LogP contribution in [0, 0.1) is 10.1 Å². The van der Waals surface area contributed by atoms with Crippen molar-refractivity contribution in [3.8, 4) is 11.6 Å². The average molecular weight is 301 g/mol. The van der Waals surface area contributed by atoms with Gasteiger partial charge in [-0.2, -0.15) is 13.2 Å². The van der Waals surface area contributed by atoms with Gasteiger partial charge >= 0.3 is 6.18 Å². The Balaban J connectivity index is 2.40. The van der Waals surface area contributed by atoms with E-state index in [0.717, 1.165) is 12.1 Å². The predicted octanol–water partition coefficient (Wildman–Crippen LogP) is 3.69. The molecule has 0 radical (unpaired) electrons. The average Bonchev–Trinajstić information content (AvgIpc) is 2.85. The third-order valence-corrected chi connectivity index (χ3v) is 2.68. The van der Waals surface area contributed by atoms with Crippen LogP contribution >= 0.6 is 0 Å². The zero-order chi connectivity index (χ0) is 15.6. The summed E-state index contributed by atoms with van der Waals surface area (Å²) in [5.41, 5.74) is -1.19. The molecule has 6 nitrogen and oxygen atoms in total. The molecule has 2 rings (SSSR count). The molecule has 2 aromatic rings. The molecule has 0 bridgehead atoms. The van der Waals surface area contributed by atoms with Crippen LogP contribution < -0.4 is 4.74 Å². The fraction of sp³-hybridized carbons (Fsp3) is 0.250. The Morgan fingerprint density at radius 3 is 2.62 bits per heavy atom. The van der Waals surface area contributed by atoms with Crippen LogP contribution in [0.4, 0.5) is 18.9 Å². The number of nitrogens with one attached hydrogen (secondary N) is 1. The summed E-state index contributed by atoms with van der Waals surface area (Å²) in [5, 5.41) is 16.9. The molecule has 1 N–H and O–H groups in total. The number of ether oxygens (including phenoxy) is 1. The third kappa shape index (κ3) is 3.30. The van der Waals surface area contributed by atoms with E-state index in [1.54, 1.807) is 0 Å². The minimum atomic E-state index is -4.77. The number of nitro groups is 1. The van der Waals surface area contributed by atoms with Crippen LogP contribution in [-0.4, -0.2) is 15.1 Å². The summed E-state index contributed by atoms with van der Waals surface area (Å²) in [4.78, 5) is 9.67. The van der Waals surface area contributed by atoms with Gasteiger partial charge in [0, 0.05) is 23.9 Å². The molecule has 0 aliphatic carbocycles. The van der Waals surface area contributed by atoms with Crippen molar-refractivity contribution in [1.82, 2.24) is 10.2 Å². The van der Waals surface area contributed by atoms with Gasteiger partial charge in [-0.3, -0.25) is 15.2 Å². The van der Waals surface area contributed by atoms with Gasteiger partial charge in [0.05, 0.1) is 4.92 Å². The molecule has 112 valence electrons. The number of nitro benzene ring substituents is 1. The molecule has 1 aromatic carbocycles. The molecule has 0 saturated carbocycles. The van der Waals surface area contributed by atoms with Crippen molar-refractivity contribution in [1.29, 1.82) is 0 Å². The van der Waals surface area contributed by atoms with E-state index in [-0.39, 0.29) is 5.88 Å². The van der Waals surface area contributed by atoms with Gasteiger partial charge in [-0.05, 0) is 12.5 Å². The SMILES string of the molecule is CCc1cc(Oc2ccc([N+](=O)[O-])cc2C(F)(F)F)n[nH]1. The molecule has 21 heavy (non-hydrogen) atoms. The van der Waals surface area contributed by atoms with Crippen molar-refractivity contribution in [2.45, 2.75) is 19.5 Å². The highest BCUT2D eigenvalue weighted by atomic mass is 19.4. The van der Waals surface area contributed by atoms with Crippen LogP contribution in [0.25, 0.3) is 0 Å². The maximum absolute atomic E-state index is 12.9. The van der Waals surface area contributed by atoms with Crippen molar-refractivity contribution in [3.05, 3.63) is 45.6 Å². The first-order valence-electron chi connectivity index (χ1n) is 5.89. The van der Waals surface area contributed by atoms with Crippen LogP contribution in [0.1, 0.15) is 18.2 Å². The second-order valence-corrected chi connectivity index (χ2v) is 4.12. The monoisotopic (exact) mass is 301 g/mol. The molecule has 0 amide bonds. The summed E-state index contributed by atoms with van der Waals surface area (Å²) in [5.74, 6) is -0.576. The zero-order valence-corrected chi connectivity index (χ0v) is 10.8. The summed E-state index contributed by atoms with van der Waals surface area (Å²) in [6.07, 6.45) is -4.16. The Morgan fingerprint density at radius 1 is 1.38 bits per heavy atom. The maximum Gasteiger partial charge on any atom is 0.420 e. The smallest absolute Gasteiger partial charge is 0.420 e. The number of rotatable bonds is 4. The van der Waals surface area contributed by atoms with Crippen molar-refractivity contribution in [2.24, 2.45) is 0 Å². The summed E-state index contributed by atoms with van der Waals surface area (Å²) >= 11 is 0. The highest BCUT2D eigenvalue weighted by molar-refractivity contribution is 5.46. The highest BCUT2D eigenvalue weighted by Gasteiger charge is 2.36. The Hall–Kier alpha value is -2.58. The lowest BCUT2D eigenvalue weighted by Crippen LogP contribution is -2.08. The Morgan fingerprint density at radius 2 is 2.10 bits per heavy atom. The fourth-order valence-electron chi connectivity index (χ4n) is 1.63. The fourth-order valence-corrected chi connectivity index (χ4v) is 1.63. The van der Waals surface area contributed by atoms with Gasteiger partial charge in [0.2, 0.25) is 5.88 Å². The van der Waals surface area contributed by atoms with Crippen LogP contribution in [0.5, 0.6) is 11.6 Å².